The first-order valence-electron chi connectivity index (χ1n) is 20.1. The Morgan fingerprint density at radius 3 is 2.40 bits per heavy atom. The first-order valence-corrected chi connectivity index (χ1v) is 20.1. The summed E-state index contributed by atoms with van der Waals surface area (Å²) in [6.07, 6.45) is 17.6. The van der Waals surface area contributed by atoms with Crippen LogP contribution in [0.25, 0.3) is 10.9 Å². The van der Waals surface area contributed by atoms with Gasteiger partial charge in [0.2, 0.25) is 5.91 Å². The molecule has 50 heavy (non-hydrogen) atoms. The normalized spacial score (nSPS) is 29.8. The molecule has 4 aliphatic carbocycles. The predicted molar refractivity (Wildman–Crippen MR) is 194 cm³/mol. The molecule has 3 unspecified atom stereocenters. The number of esters is 1. The lowest BCUT2D eigenvalue weighted by molar-refractivity contribution is -0.125. The molecule has 8 nitrogen and oxygen atoms in total. The third-order valence-electron chi connectivity index (χ3n) is 13.2. The fraction of sp³-hybridized carbons (Fsp3) is 0.756. The molecule has 1 saturated heterocycles. The Morgan fingerprint density at radius 2 is 1.66 bits per heavy atom. The molecule has 0 bridgehead atoms. The molecule has 1 aliphatic heterocycles. The number of carbonyl (C=O) groups excluding carboxylic acids is 2. The molecular formula is C41H60FN3O5. The minimum absolute atomic E-state index is 0.0290. The van der Waals surface area contributed by atoms with Gasteiger partial charge in [0.1, 0.15) is 12.4 Å². The summed E-state index contributed by atoms with van der Waals surface area (Å²) in [7, 11) is 0. The lowest BCUT2D eigenvalue weighted by Crippen LogP contribution is -2.42. The van der Waals surface area contributed by atoms with Crippen LogP contribution >= 0.6 is 0 Å². The van der Waals surface area contributed by atoms with Gasteiger partial charge in [0, 0.05) is 47.8 Å². The van der Waals surface area contributed by atoms with Gasteiger partial charge in [-0.05, 0) is 130 Å². The molecule has 276 valence electrons. The Balaban J connectivity index is 0.959. The number of amides is 1. The largest absolute Gasteiger partial charge is 0.461 e. The van der Waals surface area contributed by atoms with Crippen molar-refractivity contribution in [3.8, 4) is 0 Å². The summed E-state index contributed by atoms with van der Waals surface area (Å²) in [4.78, 5) is 30.2. The standard InChI is InChI=1S/C41H60FN3O5/c42-24-38(43-32-11-12-32)29-7-9-30(10-8-29)39(46)21-27-6-14-34(28-4-2-1-3-5-28)35(20-27)40(47)44-33-13-15-36-31(22-33)23-37(45-36)41(48)50-25-26-16-18-49-19-17-26/h13,15,22-23,26-30,32,34-35,38-39,43,45-46H,1-12,14,16-21,24-25H2,(H,44,47)/t27?,29?,30?,34-,35-,38?,39?/m0/s1. The minimum atomic E-state index is -0.357. The number of hydrogen-bond donors (Lipinski definition) is 4. The summed E-state index contributed by atoms with van der Waals surface area (Å²) in [5.74, 6) is 1.95. The van der Waals surface area contributed by atoms with Crippen molar-refractivity contribution in [3.05, 3.63) is 30.0 Å². The third-order valence-corrected chi connectivity index (χ3v) is 13.2. The molecule has 9 heteroatoms. The molecule has 0 spiro atoms. The van der Waals surface area contributed by atoms with Gasteiger partial charge < -0.3 is 30.2 Å². The molecular weight excluding hydrogens is 633 g/mol. The maximum atomic E-state index is 14.1. The van der Waals surface area contributed by atoms with Crippen molar-refractivity contribution < 1.29 is 28.6 Å². The van der Waals surface area contributed by atoms with Gasteiger partial charge in [0.05, 0.1) is 12.7 Å². The molecule has 5 fully saturated rings. The van der Waals surface area contributed by atoms with Crippen LogP contribution in [-0.2, 0) is 14.3 Å². The number of halogens is 1. The van der Waals surface area contributed by atoms with E-state index in [4.69, 9.17) is 9.47 Å². The zero-order chi connectivity index (χ0) is 34.5. The molecule has 5 atom stereocenters. The van der Waals surface area contributed by atoms with E-state index < -0.39 is 0 Å². The second kappa shape index (κ2) is 16.9. The van der Waals surface area contributed by atoms with Crippen molar-refractivity contribution in [1.29, 1.82) is 0 Å². The second-order valence-electron chi connectivity index (χ2n) is 16.7. The highest BCUT2D eigenvalue weighted by Gasteiger charge is 2.41. The monoisotopic (exact) mass is 693 g/mol. The quantitative estimate of drug-likeness (QED) is 0.159. The molecule has 4 saturated carbocycles. The number of aromatic amines is 1. The van der Waals surface area contributed by atoms with Crippen LogP contribution in [0.5, 0.6) is 0 Å². The third kappa shape index (κ3) is 9.11. The number of carbonyl (C=O) groups is 2. The van der Waals surface area contributed by atoms with Crippen molar-refractivity contribution in [2.75, 3.05) is 31.8 Å². The van der Waals surface area contributed by atoms with E-state index in [0.717, 1.165) is 94.0 Å². The highest BCUT2D eigenvalue weighted by molar-refractivity contribution is 5.98. The number of alkyl halides is 1. The summed E-state index contributed by atoms with van der Waals surface area (Å²) >= 11 is 0. The van der Waals surface area contributed by atoms with Crippen molar-refractivity contribution in [2.24, 2.45) is 41.4 Å². The van der Waals surface area contributed by atoms with E-state index in [-0.39, 0.29) is 42.5 Å². The van der Waals surface area contributed by atoms with Crippen LogP contribution in [0.1, 0.15) is 120 Å². The lowest BCUT2D eigenvalue weighted by atomic mass is 9.64. The molecule has 4 N–H and O–H groups in total. The van der Waals surface area contributed by atoms with Crippen molar-refractivity contribution >= 4 is 28.5 Å². The maximum absolute atomic E-state index is 14.1. The number of aliphatic hydroxyl groups is 1. The summed E-state index contributed by atoms with van der Waals surface area (Å²) < 4.78 is 24.8. The number of benzene rings is 1. The molecule has 2 aromatic rings. The van der Waals surface area contributed by atoms with Crippen LogP contribution in [0.3, 0.4) is 0 Å². The number of aromatic nitrogens is 1. The Kier molecular flexibility index (Phi) is 12.1. The van der Waals surface area contributed by atoms with Gasteiger partial charge in [-0.3, -0.25) is 4.79 Å². The van der Waals surface area contributed by atoms with Gasteiger partial charge in [-0.15, -0.1) is 0 Å². The van der Waals surface area contributed by atoms with Gasteiger partial charge >= 0.3 is 5.97 Å². The number of anilines is 1. The van der Waals surface area contributed by atoms with Crippen LogP contribution < -0.4 is 10.6 Å². The van der Waals surface area contributed by atoms with Crippen LogP contribution in [0.2, 0.25) is 0 Å². The fourth-order valence-electron chi connectivity index (χ4n) is 9.99. The molecule has 0 radical (unpaired) electrons. The van der Waals surface area contributed by atoms with Crippen LogP contribution in [0, 0.1) is 41.4 Å². The molecule has 1 aromatic heterocycles. The van der Waals surface area contributed by atoms with Gasteiger partial charge in [-0.1, -0.05) is 38.5 Å². The van der Waals surface area contributed by atoms with Crippen molar-refractivity contribution in [1.82, 2.24) is 10.3 Å². The number of hydrogen-bond acceptors (Lipinski definition) is 6. The first kappa shape index (κ1) is 35.9. The van der Waals surface area contributed by atoms with E-state index in [0.29, 0.717) is 47.9 Å². The zero-order valence-corrected chi connectivity index (χ0v) is 29.9. The lowest BCUT2D eigenvalue weighted by Gasteiger charge is -2.42. The van der Waals surface area contributed by atoms with Gasteiger partial charge in [0.15, 0.2) is 0 Å². The van der Waals surface area contributed by atoms with E-state index >= 15 is 0 Å². The molecule has 5 aliphatic rings. The van der Waals surface area contributed by atoms with Crippen molar-refractivity contribution in [2.45, 2.75) is 127 Å². The number of H-pyrrole nitrogens is 1. The summed E-state index contributed by atoms with van der Waals surface area (Å²) in [5.41, 5.74) is 2.00. The van der Waals surface area contributed by atoms with Gasteiger partial charge in [-0.2, -0.15) is 0 Å². The number of nitrogens with one attached hydrogen (secondary N) is 3. The number of rotatable bonds is 13. The SMILES string of the molecule is O=C(OCC1CCOCC1)c1cc2cc(NC(=O)[C@H]3CC(CC(O)C4CCC(C(CF)NC5CC5)CC4)CC[C@H]3C3CCCCC3)ccc2[nH]1. The first-order chi connectivity index (χ1) is 24.4. The Bertz CT molecular complexity index is 1410. The van der Waals surface area contributed by atoms with Crippen LogP contribution in [0.4, 0.5) is 10.1 Å². The Morgan fingerprint density at radius 1 is 0.900 bits per heavy atom. The second-order valence-corrected chi connectivity index (χ2v) is 16.7. The highest BCUT2D eigenvalue weighted by Crippen LogP contribution is 2.46. The van der Waals surface area contributed by atoms with Gasteiger partial charge in [-0.25, -0.2) is 9.18 Å². The predicted octanol–water partition coefficient (Wildman–Crippen LogP) is 7.95. The minimum Gasteiger partial charge on any atom is -0.461 e. The van der Waals surface area contributed by atoms with Crippen LogP contribution in [-0.4, -0.2) is 66.6 Å². The van der Waals surface area contributed by atoms with E-state index in [2.05, 4.69) is 15.6 Å². The molecule has 1 amide bonds. The summed E-state index contributed by atoms with van der Waals surface area (Å²) in [5, 5.41) is 19.1. The van der Waals surface area contributed by atoms with E-state index in [1.807, 2.05) is 24.3 Å². The number of fused-ring (bicyclic) bond motifs is 1. The fourth-order valence-corrected chi connectivity index (χ4v) is 9.99. The molecule has 2 heterocycles. The summed E-state index contributed by atoms with van der Waals surface area (Å²) in [6.45, 7) is 1.54. The average Bonchev–Trinajstić information content (AvgIpc) is 3.88. The Hall–Kier alpha value is -2.49. The highest BCUT2D eigenvalue weighted by atomic mass is 19.1. The van der Waals surface area contributed by atoms with Gasteiger partial charge in [0.25, 0.3) is 0 Å². The molecule has 7 rings (SSSR count). The number of ether oxygens (including phenoxy) is 2. The van der Waals surface area contributed by atoms with Crippen molar-refractivity contribution in [3.63, 3.8) is 0 Å². The molecule has 1 aromatic carbocycles. The average molecular weight is 694 g/mol. The zero-order valence-electron chi connectivity index (χ0n) is 29.9. The maximum Gasteiger partial charge on any atom is 0.354 e. The smallest absolute Gasteiger partial charge is 0.354 e. The number of aliphatic hydroxyl groups excluding tert-OH is 1. The van der Waals surface area contributed by atoms with Crippen LogP contribution in [0.15, 0.2) is 24.3 Å². The Labute approximate surface area is 297 Å². The van der Waals surface area contributed by atoms with E-state index in [1.54, 1.807) is 0 Å². The topological polar surface area (TPSA) is 113 Å². The van der Waals surface area contributed by atoms with E-state index in [1.165, 1.54) is 44.9 Å². The summed E-state index contributed by atoms with van der Waals surface area (Å²) in [6, 6.07) is 8.08. The van der Waals surface area contributed by atoms with E-state index in [9.17, 15) is 19.1 Å².